The fraction of sp³-hybridized carbons (Fsp3) is 0. The zero-order valence-electron chi connectivity index (χ0n) is 7.91. The first-order chi connectivity index (χ1) is 7.45. The molecule has 0 fully saturated rings. The molecule has 1 N–H and O–H groups in total. The molecule has 0 saturated carbocycles. The van der Waals surface area contributed by atoms with Gasteiger partial charge in [-0.15, -0.1) is 5.11 Å². The van der Waals surface area contributed by atoms with Crippen LogP contribution in [0.25, 0.3) is 0 Å². The van der Waals surface area contributed by atoms with Crippen molar-refractivity contribution in [3.63, 3.8) is 0 Å². The summed E-state index contributed by atoms with van der Waals surface area (Å²) in [5, 5.41) is 7.77. The Kier molecular flexibility index (Phi) is 2.97. The van der Waals surface area contributed by atoms with Crippen molar-refractivity contribution >= 4 is 11.4 Å². The van der Waals surface area contributed by atoms with Gasteiger partial charge in [0.1, 0.15) is 6.33 Å². The van der Waals surface area contributed by atoms with E-state index in [0.29, 0.717) is 5.69 Å². The molecule has 2 aromatic rings. The van der Waals surface area contributed by atoms with Gasteiger partial charge in [0.15, 0.2) is 0 Å². The normalized spacial score (nSPS) is 10.4. The van der Waals surface area contributed by atoms with E-state index in [2.05, 4.69) is 25.7 Å². The standard InChI is InChI=1S/C10H9N5/c1-2-4-9(5-3-1)13-15-14-10-6-11-8-12-7-10/h1-8H,(H,13,14). The van der Waals surface area contributed by atoms with Gasteiger partial charge in [-0.25, -0.2) is 9.97 Å². The van der Waals surface area contributed by atoms with Gasteiger partial charge in [0, 0.05) is 0 Å². The highest BCUT2D eigenvalue weighted by molar-refractivity contribution is 5.37. The summed E-state index contributed by atoms with van der Waals surface area (Å²) in [6, 6.07) is 9.47. The van der Waals surface area contributed by atoms with Gasteiger partial charge < -0.3 is 0 Å². The molecular weight excluding hydrogens is 190 g/mol. The van der Waals surface area contributed by atoms with Gasteiger partial charge >= 0.3 is 0 Å². The van der Waals surface area contributed by atoms with E-state index in [-0.39, 0.29) is 0 Å². The van der Waals surface area contributed by atoms with Crippen LogP contribution in [0.5, 0.6) is 0 Å². The zero-order valence-corrected chi connectivity index (χ0v) is 7.91. The summed E-state index contributed by atoms with van der Waals surface area (Å²) in [6.07, 6.45) is 4.70. The third kappa shape index (κ3) is 2.84. The minimum absolute atomic E-state index is 0.706. The van der Waals surface area contributed by atoms with Crippen LogP contribution in [-0.4, -0.2) is 9.97 Å². The second kappa shape index (κ2) is 4.80. The van der Waals surface area contributed by atoms with Crippen molar-refractivity contribution in [1.29, 1.82) is 0 Å². The molecule has 1 heterocycles. The highest BCUT2D eigenvalue weighted by Crippen LogP contribution is 2.10. The number of benzene rings is 1. The fourth-order valence-corrected chi connectivity index (χ4v) is 0.992. The Bertz CT molecular complexity index is 426. The summed E-state index contributed by atoms with van der Waals surface area (Å²) >= 11 is 0. The largest absolute Gasteiger partial charge is 0.257 e. The van der Waals surface area contributed by atoms with Crippen LogP contribution in [0.15, 0.2) is 59.4 Å². The average Bonchev–Trinajstić information content (AvgIpc) is 2.32. The first-order valence-electron chi connectivity index (χ1n) is 4.42. The molecule has 74 valence electrons. The molecule has 0 amide bonds. The van der Waals surface area contributed by atoms with Crippen molar-refractivity contribution in [2.24, 2.45) is 10.3 Å². The Morgan fingerprint density at radius 3 is 2.47 bits per heavy atom. The maximum Gasteiger partial charge on any atom is 0.115 e. The maximum atomic E-state index is 3.96. The predicted octanol–water partition coefficient (Wildman–Crippen LogP) is 2.59. The first-order valence-corrected chi connectivity index (χ1v) is 4.42. The zero-order chi connectivity index (χ0) is 10.3. The maximum absolute atomic E-state index is 3.96. The van der Waals surface area contributed by atoms with Gasteiger partial charge in [-0.2, -0.15) is 0 Å². The molecule has 0 spiro atoms. The SMILES string of the molecule is c1ccc(N=NNc2cncnc2)cc1. The number of nitrogens with one attached hydrogen (secondary N) is 1. The van der Waals surface area contributed by atoms with Crippen molar-refractivity contribution in [3.8, 4) is 0 Å². The van der Waals surface area contributed by atoms with Crippen LogP contribution in [0.3, 0.4) is 0 Å². The smallest absolute Gasteiger partial charge is 0.115 e. The lowest BCUT2D eigenvalue weighted by Gasteiger charge is -1.95. The molecule has 1 aromatic carbocycles. The van der Waals surface area contributed by atoms with E-state index in [4.69, 9.17) is 0 Å². The fourth-order valence-electron chi connectivity index (χ4n) is 0.992. The summed E-state index contributed by atoms with van der Waals surface area (Å²) in [6.45, 7) is 0. The lowest BCUT2D eigenvalue weighted by molar-refractivity contribution is 1.09. The Morgan fingerprint density at radius 2 is 1.73 bits per heavy atom. The van der Waals surface area contributed by atoms with E-state index in [0.717, 1.165) is 5.69 Å². The number of nitrogens with zero attached hydrogens (tertiary/aromatic N) is 4. The van der Waals surface area contributed by atoms with Crippen LogP contribution in [-0.2, 0) is 0 Å². The molecule has 2 rings (SSSR count). The molecule has 0 aliphatic heterocycles. The Hall–Kier alpha value is -2.30. The second-order valence-electron chi connectivity index (χ2n) is 2.77. The minimum Gasteiger partial charge on any atom is -0.257 e. The lowest BCUT2D eigenvalue weighted by Crippen LogP contribution is -1.87. The van der Waals surface area contributed by atoms with E-state index in [9.17, 15) is 0 Å². The Morgan fingerprint density at radius 1 is 1.00 bits per heavy atom. The van der Waals surface area contributed by atoms with Crippen LogP contribution < -0.4 is 5.43 Å². The van der Waals surface area contributed by atoms with Crippen LogP contribution in [0.4, 0.5) is 11.4 Å². The molecule has 0 unspecified atom stereocenters. The van der Waals surface area contributed by atoms with Gasteiger partial charge in [0.05, 0.1) is 23.8 Å². The topological polar surface area (TPSA) is 62.5 Å². The van der Waals surface area contributed by atoms with Gasteiger partial charge in [0.2, 0.25) is 0 Å². The Balaban J connectivity index is 1.97. The summed E-state index contributed by atoms with van der Waals surface area (Å²) in [5.41, 5.74) is 4.23. The quantitative estimate of drug-likeness (QED) is 0.610. The monoisotopic (exact) mass is 199 g/mol. The van der Waals surface area contributed by atoms with Gasteiger partial charge in [-0.3, -0.25) is 5.43 Å². The van der Waals surface area contributed by atoms with Gasteiger partial charge in [-0.05, 0) is 12.1 Å². The van der Waals surface area contributed by atoms with Gasteiger partial charge in [-0.1, -0.05) is 23.4 Å². The molecule has 5 nitrogen and oxygen atoms in total. The van der Waals surface area contributed by atoms with E-state index < -0.39 is 0 Å². The summed E-state index contributed by atoms with van der Waals surface area (Å²) in [7, 11) is 0. The minimum atomic E-state index is 0.706. The highest BCUT2D eigenvalue weighted by Gasteiger charge is 1.87. The van der Waals surface area contributed by atoms with Crippen molar-refractivity contribution in [2.45, 2.75) is 0 Å². The van der Waals surface area contributed by atoms with E-state index in [1.807, 2.05) is 30.3 Å². The second-order valence-corrected chi connectivity index (χ2v) is 2.77. The molecule has 0 bridgehead atoms. The van der Waals surface area contributed by atoms with Crippen molar-refractivity contribution in [1.82, 2.24) is 9.97 Å². The molecule has 5 heteroatoms. The third-order valence-electron chi connectivity index (χ3n) is 1.66. The molecule has 15 heavy (non-hydrogen) atoms. The predicted molar refractivity (Wildman–Crippen MR) is 56.6 cm³/mol. The molecule has 0 radical (unpaired) electrons. The first kappa shape index (κ1) is 9.26. The summed E-state index contributed by atoms with van der Waals surface area (Å²) < 4.78 is 0. The number of hydrogen-bond acceptors (Lipinski definition) is 4. The number of rotatable bonds is 3. The van der Waals surface area contributed by atoms with Crippen LogP contribution in [0, 0.1) is 0 Å². The molecular formula is C10H9N5. The molecule has 0 aliphatic carbocycles. The van der Waals surface area contributed by atoms with Gasteiger partial charge in [0.25, 0.3) is 0 Å². The van der Waals surface area contributed by atoms with E-state index >= 15 is 0 Å². The third-order valence-corrected chi connectivity index (χ3v) is 1.66. The highest BCUT2D eigenvalue weighted by atomic mass is 15.4. The number of aromatic nitrogens is 2. The van der Waals surface area contributed by atoms with Crippen LogP contribution in [0.1, 0.15) is 0 Å². The molecule has 0 atom stereocenters. The lowest BCUT2D eigenvalue weighted by atomic mass is 10.3. The van der Waals surface area contributed by atoms with Crippen LogP contribution >= 0.6 is 0 Å². The number of anilines is 1. The molecule has 0 aliphatic rings. The van der Waals surface area contributed by atoms with Crippen molar-refractivity contribution in [3.05, 3.63) is 49.1 Å². The van der Waals surface area contributed by atoms with Crippen molar-refractivity contribution < 1.29 is 0 Å². The van der Waals surface area contributed by atoms with Crippen LogP contribution in [0.2, 0.25) is 0 Å². The van der Waals surface area contributed by atoms with E-state index in [1.165, 1.54) is 6.33 Å². The summed E-state index contributed by atoms with van der Waals surface area (Å²) in [5.74, 6) is 0. The molecule has 1 aromatic heterocycles. The number of hydrogen-bond donors (Lipinski definition) is 1. The molecule has 0 saturated heterocycles. The summed E-state index contributed by atoms with van der Waals surface area (Å²) in [4.78, 5) is 7.67. The van der Waals surface area contributed by atoms with E-state index in [1.54, 1.807) is 12.4 Å². The Labute approximate surface area is 86.9 Å². The average molecular weight is 199 g/mol. The van der Waals surface area contributed by atoms with Crippen molar-refractivity contribution in [2.75, 3.05) is 5.43 Å².